The van der Waals surface area contributed by atoms with Gasteiger partial charge in [0.15, 0.2) is 0 Å². The van der Waals surface area contributed by atoms with Crippen molar-refractivity contribution in [1.29, 1.82) is 0 Å². The SMILES string of the molecule is CCCCOCC(O)C1CCCC1. The van der Waals surface area contributed by atoms with E-state index in [2.05, 4.69) is 6.92 Å². The lowest BCUT2D eigenvalue weighted by Crippen LogP contribution is -2.23. The summed E-state index contributed by atoms with van der Waals surface area (Å²) in [4.78, 5) is 0. The molecule has 0 radical (unpaired) electrons. The molecule has 1 unspecified atom stereocenters. The van der Waals surface area contributed by atoms with Crippen molar-refractivity contribution in [2.45, 2.75) is 51.6 Å². The zero-order valence-electron chi connectivity index (χ0n) is 8.67. The molecular weight excluding hydrogens is 164 g/mol. The summed E-state index contributed by atoms with van der Waals surface area (Å²) in [6.45, 7) is 3.50. The first-order chi connectivity index (χ1) is 6.34. The molecule has 0 spiro atoms. The van der Waals surface area contributed by atoms with E-state index in [0.717, 1.165) is 13.0 Å². The van der Waals surface area contributed by atoms with Crippen LogP contribution < -0.4 is 0 Å². The highest BCUT2D eigenvalue weighted by Gasteiger charge is 2.22. The molecule has 1 aliphatic carbocycles. The van der Waals surface area contributed by atoms with Crippen LogP contribution in [0.15, 0.2) is 0 Å². The highest BCUT2D eigenvalue weighted by atomic mass is 16.5. The Kier molecular flexibility index (Phi) is 5.40. The second kappa shape index (κ2) is 6.39. The molecule has 2 nitrogen and oxygen atoms in total. The van der Waals surface area contributed by atoms with Gasteiger partial charge < -0.3 is 9.84 Å². The maximum Gasteiger partial charge on any atom is 0.0801 e. The van der Waals surface area contributed by atoms with E-state index in [9.17, 15) is 5.11 Å². The fourth-order valence-corrected chi connectivity index (χ4v) is 1.93. The lowest BCUT2D eigenvalue weighted by molar-refractivity contribution is 0.00548. The van der Waals surface area contributed by atoms with E-state index in [1.165, 1.54) is 32.1 Å². The quantitative estimate of drug-likeness (QED) is 0.645. The summed E-state index contributed by atoms with van der Waals surface area (Å²) in [5.41, 5.74) is 0. The smallest absolute Gasteiger partial charge is 0.0801 e. The van der Waals surface area contributed by atoms with Crippen LogP contribution in [0.3, 0.4) is 0 Å². The zero-order valence-corrected chi connectivity index (χ0v) is 8.67. The maximum absolute atomic E-state index is 9.72. The Morgan fingerprint density at radius 1 is 1.38 bits per heavy atom. The molecular formula is C11H22O2. The van der Waals surface area contributed by atoms with Gasteiger partial charge in [0.2, 0.25) is 0 Å². The molecule has 1 saturated carbocycles. The Hall–Kier alpha value is -0.0800. The molecule has 1 N–H and O–H groups in total. The summed E-state index contributed by atoms with van der Waals surface area (Å²) in [5.74, 6) is 0.515. The number of hydrogen-bond donors (Lipinski definition) is 1. The van der Waals surface area contributed by atoms with E-state index in [0.29, 0.717) is 12.5 Å². The first-order valence-electron chi connectivity index (χ1n) is 5.60. The summed E-state index contributed by atoms with van der Waals surface area (Å²) in [7, 11) is 0. The van der Waals surface area contributed by atoms with Gasteiger partial charge in [0, 0.05) is 6.61 Å². The van der Waals surface area contributed by atoms with Crippen LogP contribution in [0.2, 0.25) is 0 Å². The van der Waals surface area contributed by atoms with Gasteiger partial charge in [-0.25, -0.2) is 0 Å². The van der Waals surface area contributed by atoms with Crippen molar-refractivity contribution in [3.05, 3.63) is 0 Å². The average molecular weight is 186 g/mol. The molecule has 1 atom stereocenters. The Bertz CT molecular complexity index is 119. The van der Waals surface area contributed by atoms with Crippen molar-refractivity contribution in [3.63, 3.8) is 0 Å². The highest BCUT2D eigenvalue weighted by molar-refractivity contribution is 4.74. The minimum atomic E-state index is -0.209. The molecule has 0 amide bonds. The second-order valence-electron chi connectivity index (χ2n) is 4.04. The standard InChI is InChI=1S/C11H22O2/c1-2-3-8-13-9-11(12)10-6-4-5-7-10/h10-12H,2-9H2,1H3. The fraction of sp³-hybridized carbons (Fsp3) is 1.00. The van der Waals surface area contributed by atoms with Crippen molar-refractivity contribution in [2.24, 2.45) is 5.92 Å². The van der Waals surface area contributed by atoms with Gasteiger partial charge in [0.25, 0.3) is 0 Å². The third-order valence-corrected chi connectivity index (χ3v) is 2.87. The van der Waals surface area contributed by atoms with Gasteiger partial charge in [-0.15, -0.1) is 0 Å². The summed E-state index contributed by atoms with van der Waals surface area (Å²) < 4.78 is 5.40. The summed E-state index contributed by atoms with van der Waals surface area (Å²) in [6.07, 6.45) is 7.03. The normalized spacial score (nSPS) is 20.8. The van der Waals surface area contributed by atoms with Gasteiger partial charge in [-0.1, -0.05) is 26.2 Å². The van der Waals surface area contributed by atoms with Crippen LogP contribution in [-0.2, 0) is 4.74 Å². The topological polar surface area (TPSA) is 29.5 Å². The summed E-state index contributed by atoms with van der Waals surface area (Å²) in [5, 5.41) is 9.72. The molecule has 1 rings (SSSR count). The Morgan fingerprint density at radius 2 is 2.08 bits per heavy atom. The molecule has 78 valence electrons. The van der Waals surface area contributed by atoms with Crippen molar-refractivity contribution in [1.82, 2.24) is 0 Å². The second-order valence-corrected chi connectivity index (χ2v) is 4.04. The molecule has 0 heterocycles. The van der Waals surface area contributed by atoms with Crippen LogP contribution in [0.25, 0.3) is 0 Å². The Labute approximate surface area is 81.3 Å². The lowest BCUT2D eigenvalue weighted by atomic mass is 10.0. The predicted octanol–water partition coefficient (Wildman–Crippen LogP) is 2.35. The van der Waals surface area contributed by atoms with Crippen LogP contribution in [-0.4, -0.2) is 24.4 Å². The minimum absolute atomic E-state index is 0.209. The molecule has 0 saturated heterocycles. The average Bonchev–Trinajstić information content (AvgIpc) is 2.65. The van der Waals surface area contributed by atoms with Crippen LogP contribution in [0.4, 0.5) is 0 Å². The van der Waals surface area contributed by atoms with Crippen LogP contribution in [0, 0.1) is 5.92 Å². The van der Waals surface area contributed by atoms with Gasteiger partial charge in [0.05, 0.1) is 12.7 Å². The molecule has 1 aliphatic rings. The fourth-order valence-electron chi connectivity index (χ4n) is 1.93. The third-order valence-electron chi connectivity index (χ3n) is 2.87. The van der Waals surface area contributed by atoms with Crippen molar-refractivity contribution < 1.29 is 9.84 Å². The van der Waals surface area contributed by atoms with Gasteiger partial charge in [-0.2, -0.15) is 0 Å². The number of hydrogen-bond acceptors (Lipinski definition) is 2. The Balaban J connectivity index is 1.99. The van der Waals surface area contributed by atoms with Crippen molar-refractivity contribution >= 4 is 0 Å². The van der Waals surface area contributed by atoms with Gasteiger partial charge >= 0.3 is 0 Å². The van der Waals surface area contributed by atoms with Crippen LogP contribution in [0.5, 0.6) is 0 Å². The van der Waals surface area contributed by atoms with E-state index in [-0.39, 0.29) is 6.10 Å². The molecule has 1 fully saturated rings. The summed E-state index contributed by atoms with van der Waals surface area (Å²) in [6, 6.07) is 0. The molecule has 2 heteroatoms. The van der Waals surface area contributed by atoms with Crippen molar-refractivity contribution in [3.8, 4) is 0 Å². The molecule has 0 aromatic rings. The van der Waals surface area contributed by atoms with Gasteiger partial charge in [-0.3, -0.25) is 0 Å². The first-order valence-corrected chi connectivity index (χ1v) is 5.60. The molecule has 0 aliphatic heterocycles. The number of ether oxygens (including phenoxy) is 1. The minimum Gasteiger partial charge on any atom is -0.390 e. The first kappa shape index (κ1) is 11.0. The molecule has 0 aromatic carbocycles. The maximum atomic E-state index is 9.72. The van der Waals surface area contributed by atoms with E-state index in [4.69, 9.17) is 4.74 Å². The molecule has 0 aromatic heterocycles. The van der Waals surface area contributed by atoms with Gasteiger partial charge in [0.1, 0.15) is 0 Å². The monoisotopic (exact) mass is 186 g/mol. The van der Waals surface area contributed by atoms with E-state index < -0.39 is 0 Å². The lowest BCUT2D eigenvalue weighted by Gasteiger charge is -2.17. The Morgan fingerprint density at radius 3 is 2.69 bits per heavy atom. The number of aliphatic hydroxyl groups is 1. The number of rotatable bonds is 6. The highest BCUT2D eigenvalue weighted by Crippen LogP contribution is 2.27. The van der Waals surface area contributed by atoms with E-state index >= 15 is 0 Å². The molecule has 0 bridgehead atoms. The third kappa shape index (κ3) is 4.10. The van der Waals surface area contributed by atoms with Gasteiger partial charge in [-0.05, 0) is 25.2 Å². The molecule has 13 heavy (non-hydrogen) atoms. The zero-order chi connectivity index (χ0) is 9.52. The number of aliphatic hydroxyl groups excluding tert-OH is 1. The van der Waals surface area contributed by atoms with Crippen molar-refractivity contribution in [2.75, 3.05) is 13.2 Å². The van der Waals surface area contributed by atoms with Crippen LogP contribution in [0.1, 0.15) is 45.4 Å². The van der Waals surface area contributed by atoms with E-state index in [1.807, 2.05) is 0 Å². The van der Waals surface area contributed by atoms with E-state index in [1.54, 1.807) is 0 Å². The summed E-state index contributed by atoms with van der Waals surface area (Å²) >= 11 is 0. The largest absolute Gasteiger partial charge is 0.390 e. The predicted molar refractivity (Wildman–Crippen MR) is 53.7 cm³/mol. The number of unbranched alkanes of at least 4 members (excludes halogenated alkanes) is 1. The van der Waals surface area contributed by atoms with Crippen LogP contribution >= 0.6 is 0 Å².